The first kappa shape index (κ1) is 15.4. The Kier molecular flexibility index (Phi) is 5.68. The second kappa shape index (κ2) is 7.73. The Hall–Kier alpha value is -1.95. The van der Waals surface area contributed by atoms with Gasteiger partial charge in [-0.05, 0) is 25.0 Å². The van der Waals surface area contributed by atoms with E-state index in [0.29, 0.717) is 39.0 Å². The molecular formula is C15H21N3O3. The van der Waals surface area contributed by atoms with Crippen molar-refractivity contribution < 1.29 is 14.7 Å². The smallest absolute Gasteiger partial charge is 0.306 e. The Labute approximate surface area is 124 Å². The van der Waals surface area contributed by atoms with Crippen LogP contribution in [0.1, 0.15) is 18.5 Å². The lowest BCUT2D eigenvalue weighted by Crippen LogP contribution is -2.44. The summed E-state index contributed by atoms with van der Waals surface area (Å²) in [5, 5.41) is 12.0. The van der Waals surface area contributed by atoms with Crippen LogP contribution in [0.3, 0.4) is 0 Å². The van der Waals surface area contributed by atoms with E-state index < -0.39 is 5.97 Å². The molecule has 2 heterocycles. The first-order valence-electron chi connectivity index (χ1n) is 7.28. The highest BCUT2D eigenvalue weighted by molar-refractivity contribution is 5.78. The predicted molar refractivity (Wildman–Crippen MR) is 77.8 cm³/mol. The van der Waals surface area contributed by atoms with E-state index in [1.807, 2.05) is 18.2 Å². The Bertz CT molecular complexity index is 470. The first-order chi connectivity index (χ1) is 10.2. The topological polar surface area (TPSA) is 82.5 Å². The monoisotopic (exact) mass is 291 g/mol. The third-order valence-electron chi connectivity index (χ3n) is 3.76. The van der Waals surface area contributed by atoms with Gasteiger partial charge in [-0.1, -0.05) is 6.07 Å². The molecule has 6 nitrogen and oxygen atoms in total. The fourth-order valence-corrected chi connectivity index (χ4v) is 2.45. The summed E-state index contributed by atoms with van der Waals surface area (Å²) in [6.45, 7) is 2.08. The van der Waals surface area contributed by atoms with Gasteiger partial charge in [0.25, 0.3) is 0 Å². The molecule has 0 atom stereocenters. The number of carbonyl (C=O) groups excluding carboxylic acids is 1. The van der Waals surface area contributed by atoms with Crippen LogP contribution < -0.4 is 5.32 Å². The predicted octanol–water partition coefficient (Wildman–Crippen LogP) is 0.537. The quantitative estimate of drug-likeness (QED) is 0.747. The molecule has 1 aliphatic heterocycles. The van der Waals surface area contributed by atoms with E-state index in [9.17, 15) is 9.59 Å². The zero-order valence-corrected chi connectivity index (χ0v) is 12.0. The van der Waals surface area contributed by atoms with Gasteiger partial charge in [0.05, 0.1) is 12.5 Å². The van der Waals surface area contributed by atoms with E-state index in [1.54, 1.807) is 11.1 Å². The second-order valence-electron chi connectivity index (χ2n) is 5.24. The van der Waals surface area contributed by atoms with Crippen molar-refractivity contribution >= 4 is 11.9 Å². The fraction of sp³-hybridized carbons (Fsp3) is 0.533. The lowest BCUT2D eigenvalue weighted by atomic mass is 9.97. The minimum absolute atomic E-state index is 0.0415. The number of aliphatic carboxylic acids is 1. The summed E-state index contributed by atoms with van der Waals surface area (Å²) in [4.78, 5) is 28.8. The number of hydrogen-bond donors (Lipinski definition) is 2. The number of hydrogen-bond acceptors (Lipinski definition) is 4. The van der Waals surface area contributed by atoms with Crippen LogP contribution in [0, 0.1) is 5.92 Å². The van der Waals surface area contributed by atoms with Gasteiger partial charge in [0.2, 0.25) is 5.91 Å². The van der Waals surface area contributed by atoms with Gasteiger partial charge in [0.1, 0.15) is 0 Å². The van der Waals surface area contributed by atoms with Crippen LogP contribution in [-0.2, 0) is 16.0 Å². The van der Waals surface area contributed by atoms with Crippen LogP contribution >= 0.6 is 0 Å². The molecule has 114 valence electrons. The number of rotatable bonds is 6. The van der Waals surface area contributed by atoms with Crippen LogP contribution in [0.2, 0.25) is 0 Å². The molecular weight excluding hydrogens is 270 g/mol. The summed E-state index contributed by atoms with van der Waals surface area (Å²) < 4.78 is 0. The molecule has 1 amide bonds. The molecule has 6 heteroatoms. The number of pyridine rings is 1. The Morgan fingerprint density at radius 2 is 2.10 bits per heavy atom. The highest BCUT2D eigenvalue weighted by Crippen LogP contribution is 2.16. The van der Waals surface area contributed by atoms with Crippen LogP contribution in [0.5, 0.6) is 0 Å². The van der Waals surface area contributed by atoms with Gasteiger partial charge in [-0.2, -0.15) is 0 Å². The van der Waals surface area contributed by atoms with Crippen LogP contribution in [-0.4, -0.2) is 53.0 Å². The number of amides is 1. The highest BCUT2D eigenvalue weighted by atomic mass is 16.4. The molecule has 0 aromatic carbocycles. The average Bonchev–Trinajstić information content (AvgIpc) is 2.52. The van der Waals surface area contributed by atoms with Gasteiger partial charge in [-0.25, -0.2) is 0 Å². The minimum atomic E-state index is -0.754. The third-order valence-corrected chi connectivity index (χ3v) is 3.76. The number of carbonyl (C=O) groups is 2. The van der Waals surface area contributed by atoms with E-state index in [0.717, 1.165) is 12.1 Å². The second-order valence-corrected chi connectivity index (χ2v) is 5.24. The van der Waals surface area contributed by atoms with Crippen molar-refractivity contribution in [2.45, 2.75) is 19.3 Å². The first-order valence-corrected chi connectivity index (χ1v) is 7.28. The normalized spacial score (nSPS) is 15.9. The Morgan fingerprint density at radius 3 is 2.71 bits per heavy atom. The standard InChI is InChI=1S/C15H21N3O3/c19-14(18-9-5-12(6-10-18)15(20)21)11-16-8-4-13-3-1-2-7-17-13/h1-3,7,12,16H,4-6,8-11H2,(H,20,21). The molecule has 0 saturated carbocycles. The van der Waals surface area contributed by atoms with Crippen molar-refractivity contribution in [1.29, 1.82) is 0 Å². The van der Waals surface area contributed by atoms with Crippen molar-refractivity contribution in [1.82, 2.24) is 15.2 Å². The van der Waals surface area contributed by atoms with E-state index in [4.69, 9.17) is 5.11 Å². The van der Waals surface area contributed by atoms with E-state index in [-0.39, 0.29) is 11.8 Å². The summed E-state index contributed by atoms with van der Waals surface area (Å²) in [5.41, 5.74) is 1.000. The molecule has 2 rings (SSSR count). The van der Waals surface area contributed by atoms with Crippen molar-refractivity contribution in [2.75, 3.05) is 26.2 Å². The zero-order valence-electron chi connectivity index (χ0n) is 12.0. The van der Waals surface area contributed by atoms with Gasteiger partial charge >= 0.3 is 5.97 Å². The molecule has 1 aromatic heterocycles. The average molecular weight is 291 g/mol. The van der Waals surface area contributed by atoms with Gasteiger partial charge in [-0.3, -0.25) is 14.6 Å². The maximum Gasteiger partial charge on any atom is 0.306 e. The summed E-state index contributed by atoms with van der Waals surface area (Å²) >= 11 is 0. The maximum atomic E-state index is 12.0. The van der Waals surface area contributed by atoms with Gasteiger partial charge in [0.15, 0.2) is 0 Å². The molecule has 1 saturated heterocycles. The molecule has 2 N–H and O–H groups in total. The minimum Gasteiger partial charge on any atom is -0.481 e. The van der Waals surface area contributed by atoms with Gasteiger partial charge in [0, 0.05) is 37.9 Å². The summed E-state index contributed by atoms with van der Waals surface area (Å²) in [6.07, 6.45) is 3.65. The summed E-state index contributed by atoms with van der Waals surface area (Å²) in [6, 6.07) is 5.78. The number of nitrogens with zero attached hydrogens (tertiary/aromatic N) is 2. The SMILES string of the molecule is O=C(O)C1CCN(C(=O)CNCCc2ccccn2)CC1. The number of aromatic nitrogens is 1. The van der Waals surface area contributed by atoms with E-state index >= 15 is 0 Å². The number of piperidine rings is 1. The molecule has 1 fully saturated rings. The Morgan fingerprint density at radius 1 is 1.33 bits per heavy atom. The molecule has 1 aromatic rings. The summed E-state index contributed by atoms with van der Waals surface area (Å²) in [5.74, 6) is -1.01. The molecule has 0 radical (unpaired) electrons. The van der Waals surface area contributed by atoms with Gasteiger partial charge < -0.3 is 15.3 Å². The van der Waals surface area contributed by atoms with Crippen LogP contribution in [0.15, 0.2) is 24.4 Å². The lowest BCUT2D eigenvalue weighted by molar-refractivity contribution is -0.145. The van der Waals surface area contributed by atoms with Crippen LogP contribution in [0.4, 0.5) is 0 Å². The maximum absolute atomic E-state index is 12.0. The highest BCUT2D eigenvalue weighted by Gasteiger charge is 2.26. The largest absolute Gasteiger partial charge is 0.481 e. The Balaban J connectivity index is 1.63. The summed E-state index contributed by atoms with van der Waals surface area (Å²) in [7, 11) is 0. The zero-order chi connectivity index (χ0) is 15.1. The number of carboxylic acids is 1. The third kappa shape index (κ3) is 4.82. The molecule has 1 aliphatic rings. The van der Waals surface area contributed by atoms with E-state index in [2.05, 4.69) is 10.3 Å². The molecule has 21 heavy (non-hydrogen) atoms. The van der Waals surface area contributed by atoms with Crippen molar-refractivity contribution in [3.63, 3.8) is 0 Å². The molecule has 0 spiro atoms. The fourth-order valence-electron chi connectivity index (χ4n) is 2.45. The molecule has 0 unspecified atom stereocenters. The van der Waals surface area contributed by atoms with Crippen molar-refractivity contribution in [2.24, 2.45) is 5.92 Å². The number of carboxylic acid groups (broad SMARTS) is 1. The van der Waals surface area contributed by atoms with Crippen molar-refractivity contribution in [3.05, 3.63) is 30.1 Å². The molecule has 0 bridgehead atoms. The van der Waals surface area contributed by atoms with E-state index in [1.165, 1.54) is 0 Å². The lowest BCUT2D eigenvalue weighted by Gasteiger charge is -2.30. The molecule has 0 aliphatic carbocycles. The van der Waals surface area contributed by atoms with Crippen molar-refractivity contribution in [3.8, 4) is 0 Å². The number of nitrogens with one attached hydrogen (secondary N) is 1. The van der Waals surface area contributed by atoms with Gasteiger partial charge in [-0.15, -0.1) is 0 Å². The van der Waals surface area contributed by atoms with Crippen LogP contribution in [0.25, 0.3) is 0 Å². The number of likely N-dealkylation sites (tertiary alicyclic amines) is 1.